The topological polar surface area (TPSA) is 70.6 Å². The summed E-state index contributed by atoms with van der Waals surface area (Å²) in [7, 11) is 0. The van der Waals surface area contributed by atoms with Gasteiger partial charge in [-0.25, -0.2) is 4.79 Å². The van der Waals surface area contributed by atoms with E-state index in [1.807, 2.05) is 26.0 Å². The normalized spacial score (nSPS) is 11.7. The van der Waals surface area contributed by atoms with Crippen molar-refractivity contribution in [1.82, 2.24) is 5.32 Å². The molecule has 0 heterocycles. The van der Waals surface area contributed by atoms with Gasteiger partial charge in [-0.2, -0.15) is 0 Å². The van der Waals surface area contributed by atoms with Gasteiger partial charge in [0.05, 0.1) is 6.61 Å². The van der Waals surface area contributed by atoms with Crippen LogP contribution in [0.4, 0.5) is 10.5 Å². The Morgan fingerprint density at radius 1 is 1.32 bits per heavy atom. The van der Waals surface area contributed by atoms with E-state index >= 15 is 0 Å². The van der Waals surface area contributed by atoms with Gasteiger partial charge in [-0.3, -0.25) is 0 Å². The first-order valence-electron chi connectivity index (χ1n) is 6.60. The Morgan fingerprint density at radius 3 is 2.53 bits per heavy atom. The van der Waals surface area contributed by atoms with Gasteiger partial charge in [-0.1, -0.05) is 6.92 Å². The number of nitrogens with one attached hydrogen (secondary N) is 2. The first-order chi connectivity index (χ1) is 9.19. The average molecular weight is 266 g/mol. The molecule has 0 saturated carbocycles. The molecule has 1 unspecified atom stereocenters. The standard InChI is InChI=1S/C14H22N2O3/c1-3-11(9-10-17)15-14(18)16-12-5-7-13(8-6-12)19-4-2/h5-8,11,17H,3-4,9-10H2,1-2H3,(H2,15,16,18). The summed E-state index contributed by atoms with van der Waals surface area (Å²) in [5, 5.41) is 14.4. The molecule has 1 rings (SSSR count). The molecule has 1 aromatic carbocycles. The van der Waals surface area contributed by atoms with Crippen molar-refractivity contribution in [1.29, 1.82) is 0 Å². The van der Waals surface area contributed by atoms with E-state index in [2.05, 4.69) is 10.6 Å². The SMILES string of the molecule is CCOc1ccc(NC(=O)NC(CC)CCO)cc1. The fourth-order valence-corrected chi connectivity index (χ4v) is 1.69. The van der Waals surface area contributed by atoms with E-state index in [0.717, 1.165) is 12.2 Å². The Kier molecular flexibility index (Phi) is 6.74. The predicted octanol–water partition coefficient (Wildman–Crippen LogP) is 2.37. The van der Waals surface area contributed by atoms with Gasteiger partial charge >= 0.3 is 6.03 Å². The van der Waals surface area contributed by atoms with Crippen LogP contribution in [0.1, 0.15) is 26.7 Å². The largest absolute Gasteiger partial charge is 0.494 e. The van der Waals surface area contributed by atoms with E-state index in [0.29, 0.717) is 18.7 Å². The maximum absolute atomic E-state index is 11.7. The highest BCUT2D eigenvalue weighted by molar-refractivity contribution is 5.89. The third-order valence-corrected chi connectivity index (χ3v) is 2.73. The Bertz CT molecular complexity index is 379. The molecule has 3 N–H and O–H groups in total. The summed E-state index contributed by atoms with van der Waals surface area (Å²) >= 11 is 0. The van der Waals surface area contributed by atoms with Crippen LogP contribution < -0.4 is 15.4 Å². The summed E-state index contributed by atoms with van der Waals surface area (Å²) in [6.07, 6.45) is 1.35. The summed E-state index contributed by atoms with van der Waals surface area (Å²) in [5.41, 5.74) is 0.708. The van der Waals surface area contributed by atoms with Crippen molar-refractivity contribution in [2.24, 2.45) is 0 Å². The third kappa shape index (κ3) is 5.61. The van der Waals surface area contributed by atoms with Crippen LogP contribution in [0.25, 0.3) is 0 Å². The number of anilines is 1. The van der Waals surface area contributed by atoms with Crippen LogP contribution in [0.5, 0.6) is 5.75 Å². The van der Waals surface area contributed by atoms with Gasteiger partial charge in [0.2, 0.25) is 0 Å². The number of carbonyl (C=O) groups excluding carboxylic acids is 1. The number of aliphatic hydroxyl groups is 1. The van der Waals surface area contributed by atoms with E-state index in [9.17, 15) is 4.79 Å². The molecule has 0 bridgehead atoms. The first-order valence-corrected chi connectivity index (χ1v) is 6.60. The second-order valence-corrected chi connectivity index (χ2v) is 4.17. The van der Waals surface area contributed by atoms with E-state index in [-0.39, 0.29) is 18.7 Å². The number of ether oxygens (including phenoxy) is 1. The predicted molar refractivity (Wildman–Crippen MR) is 75.5 cm³/mol. The maximum Gasteiger partial charge on any atom is 0.319 e. The summed E-state index contributed by atoms with van der Waals surface area (Å²) in [4.78, 5) is 11.7. The Balaban J connectivity index is 2.47. The minimum atomic E-state index is -0.260. The molecule has 0 aliphatic rings. The fourth-order valence-electron chi connectivity index (χ4n) is 1.69. The van der Waals surface area contributed by atoms with Gasteiger partial charge in [0.1, 0.15) is 5.75 Å². The molecular formula is C14H22N2O3. The molecule has 1 atom stereocenters. The number of aliphatic hydroxyl groups excluding tert-OH is 1. The zero-order valence-electron chi connectivity index (χ0n) is 11.5. The van der Waals surface area contributed by atoms with Gasteiger partial charge in [-0.15, -0.1) is 0 Å². The number of urea groups is 1. The molecule has 0 aliphatic heterocycles. The lowest BCUT2D eigenvalue weighted by Crippen LogP contribution is -2.38. The molecule has 0 spiro atoms. The van der Waals surface area contributed by atoms with Crippen molar-refractivity contribution in [2.75, 3.05) is 18.5 Å². The van der Waals surface area contributed by atoms with E-state index in [1.54, 1.807) is 12.1 Å². The van der Waals surface area contributed by atoms with Gasteiger partial charge in [-0.05, 0) is 44.0 Å². The molecule has 2 amide bonds. The molecule has 0 aliphatic carbocycles. The van der Waals surface area contributed by atoms with Crippen molar-refractivity contribution in [3.05, 3.63) is 24.3 Å². The second-order valence-electron chi connectivity index (χ2n) is 4.17. The van der Waals surface area contributed by atoms with Crippen LogP contribution >= 0.6 is 0 Å². The molecule has 0 saturated heterocycles. The van der Waals surface area contributed by atoms with Crippen molar-refractivity contribution < 1.29 is 14.6 Å². The van der Waals surface area contributed by atoms with Crippen molar-refractivity contribution in [2.45, 2.75) is 32.7 Å². The van der Waals surface area contributed by atoms with E-state index in [4.69, 9.17) is 9.84 Å². The first kappa shape index (κ1) is 15.3. The molecule has 106 valence electrons. The Morgan fingerprint density at radius 2 is 2.00 bits per heavy atom. The average Bonchev–Trinajstić information content (AvgIpc) is 2.41. The van der Waals surface area contributed by atoms with Crippen LogP contribution in [0.15, 0.2) is 24.3 Å². The molecule has 5 heteroatoms. The third-order valence-electron chi connectivity index (χ3n) is 2.73. The number of carbonyl (C=O) groups is 1. The molecule has 0 fully saturated rings. The molecule has 1 aromatic rings. The summed E-state index contributed by atoms with van der Waals surface area (Å²) in [6.45, 7) is 4.58. The summed E-state index contributed by atoms with van der Waals surface area (Å²) < 4.78 is 5.32. The van der Waals surface area contributed by atoms with E-state index < -0.39 is 0 Å². The van der Waals surface area contributed by atoms with Gasteiger partial charge in [0, 0.05) is 18.3 Å². The number of hydrogen-bond donors (Lipinski definition) is 3. The van der Waals surface area contributed by atoms with Crippen molar-refractivity contribution in [3.63, 3.8) is 0 Å². The lowest BCUT2D eigenvalue weighted by atomic mass is 10.2. The number of hydrogen-bond acceptors (Lipinski definition) is 3. The zero-order valence-corrected chi connectivity index (χ0v) is 11.5. The Labute approximate surface area is 114 Å². The highest BCUT2D eigenvalue weighted by atomic mass is 16.5. The maximum atomic E-state index is 11.7. The summed E-state index contributed by atoms with van der Waals surface area (Å²) in [5.74, 6) is 0.778. The van der Waals surface area contributed by atoms with Gasteiger partial charge < -0.3 is 20.5 Å². The second kappa shape index (κ2) is 8.37. The van der Waals surface area contributed by atoms with Gasteiger partial charge in [0.15, 0.2) is 0 Å². The quantitative estimate of drug-likeness (QED) is 0.709. The van der Waals surface area contributed by atoms with Crippen LogP contribution in [0, 0.1) is 0 Å². The zero-order chi connectivity index (χ0) is 14.1. The summed E-state index contributed by atoms with van der Waals surface area (Å²) in [6, 6.07) is 6.93. The van der Waals surface area contributed by atoms with Crippen molar-refractivity contribution >= 4 is 11.7 Å². The van der Waals surface area contributed by atoms with Crippen LogP contribution in [0.2, 0.25) is 0 Å². The van der Waals surface area contributed by atoms with Crippen LogP contribution in [-0.2, 0) is 0 Å². The van der Waals surface area contributed by atoms with Crippen molar-refractivity contribution in [3.8, 4) is 5.75 Å². The monoisotopic (exact) mass is 266 g/mol. The molecule has 0 aromatic heterocycles. The molecular weight excluding hydrogens is 244 g/mol. The van der Waals surface area contributed by atoms with Gasteiger partial charge in [0.25, 0.3) is 0 Å². The highest BCUT2D eigenvalue weighted by Gasteiger charge is 2.09. The number of amides is 2. The number of benzene rings is 1. The number of rotatable bonds is 7. The fraction of sp³-hybridized carbons (Fsp3) is 0.500. The van der Waals surface area contributed by atoms with Crippen LogP contribution in [-0.4, -0.2) is 30.4 Å². The lowest BCUT2D eigenvalue weighted by molar-refractivity contribution is 0.237. The molecule has 19 heavy (non-hydrogen) atoms. The molecule has 5 nitrogen and oxygen atoms in total. The smallest absolute Gasteiger partial charge is 0.319 e. The highest BCUT2D eigenvalue weighted by Crippen LogP contribution is 2.15. The Hall–Kier alpha value is -1.75. The minimum absolute atomic E-state index is 0.00676. The van der Waals surface area contributed by atoms with Crippen LogP contribution in [0.3, 0.4) is 0 Å². The molecule has 0 radical (unpaired) electrons. The minimum Gasteiger partial charge on any atom is -0.494 e. The lowest BCUT2D eigenvalue weighted by Gasteiger charge is -2.16. The van der Waals surface area contributed by atoms with E-state index in [1.165, 1.54) is 0 Å².